The Labute approximate surface area is 113 Å². The highest BCUT2D eigenvalue weighted by Crippen LogP contribution is 2.14. The number of rotatable bonds is 5. The van der Waals surface area contributed by atoms with Gasteiger partial charge in [-0.3, -0.25) is 14.5 Å². The maximum atomic E-state index is 12.0. The highest BCUT2D eigenvalue weighted by molar-refractivity contribution is 6.05. The SMILES string of the molecule is CCCN1C(=O)CC(NCc2cccc(C)c2)C1=O. The molecule has 1 unspecified atom stereocenters. The van der Waals surface area contributed by atoms with Gasteiger partial charge in [0.1, 0.15) is 0 Å². The van der Waals surface area contributed by atoms with E-state index in [1.807, 2.05) is 32.0 Å². The molecule has 0 bridgehead atoms. The van der Waals surface area contributed by atoms with Crippen LogP contribution in [0, 0.1) is 6.92 Å². The number of carbonyl (C=O) groups is 2. The van der Waals surface area contributed by atoms with Crippen LogP contribution in [0.15, 0.2) is 24.3 Å². The topological polar surface area (TPSA) is 49.4 Å². The Morgan fingerprint density at radius 1 is 1.37 bits per heavy atom. The summed E-state index contributed by atoms with van der Waals surface area (Å²) in [6.45, 7) is 5.15. The summed E-state index contributed by atoms with van der Waals surface area (Å²) in [7, 11) is 0. The number of nitrogens with zero attached hydrogens (tertiary/aromatic N) is 1. The van der Waals surface area contributed by atoms with Gasteiger partial charge in [0.25, 0.3) is 0 Å². The molecular formula is C15H20N2O2. The minimum Gasteiger partial charge on any atom is -0.301 e. The van der Waals surface area contributed by atoms with E-state index >= 15 is 0 Å². The number of amides is 2. The van der Waals surface area contributed by atoms with Gasteiger partial charge in [0.15, 0.2) is 0 Å². The fourth-order valence-electron chi connectivity index (χ4n) is 2.36. The van der Waals surface area contributed by atoms with Gasteiger partial charge in [-0.2, -0.15) is 0 Å². The zero-order valence-electron chi connectivity index (χ0n) is 11.5. The molecule has 1 aliphatic heterocycles. The summed E-state index contributed by atoms with van der Waals surface area (Å²) in [4.78, 5) is 25.1. The van der Waals surface area contributed by atoms with Gasteiger partial charge in [0, 0.05) is 13.1 Å². The largest absolute Gasteiger partial charge is 0.301 e. The number of benzene rings is 1. The lowest BCUT2D eigenvalue weighted by Crippen LogP contribution is -2.38. The maximum Gasteiger partial charge on any atom is 0.246 e. The highest BCUT2D eigenvalue weighted by atomic mass is 16.2. The summed E-state index contributed by atoms with van der Waals surface area (Å²) in [5.41, 5.74) is 2.33. The second kappa shape index (κ2) is 5.97. The molecule has 0 saturated carbocycles. The van der Waals surface area contributed by atoms with Gasteiger partial charge in [-0.25, -0.2) is 0 Å². The van der Waals surface area contributed by atoms with Gasteiger partial charge in [-0.15, -0.1) is 0 Å². The van der Waals surface area contributed by atoms with Crippen LogP contribution in [0.5, 0.6) is 0 Å². The summed E-state index contributed by atoms with van der Waals surface area (Å²) in [6.07, 6.45) is 1.09. The Hall–Kier alpha value is -1.68. The number of nitrogens with one attached hydrogen (secondary N) is 1. The summed E-state index contributed by atoms with van der Waals surface area (Å²) < 4.78 is 0. The third kappa shape index (κ3) is 3.20. The van der Waals surface area contributed by atoms with E-state index in [2.05, 4.69) is 11.4 Å². The van der Waals surface area contributed by atoms with E-state index < -0.39 is 0 Å². The Balaban J connectivity index is 1.94. The third-order valence-electron chi connectivity index (χ3n) is 3.33. The van der Waals surface area contributed by atoms with Crippen LogP contribution in [0.3, 0.4) is 0 Å². The molecule has 4 heteroatoms. The van der Waals surface area contributed by atoms with Crippen molar-refractivity contribution in [2.45, 2.75) is 39.3 Å². The lowest BCUT2D eigenvalue weighted by molar-refractivity contribution is -0.138. The average Bonchev–Trinajstić information content (AvgIpc) is 2.65. The molecule has 1 atom stereocenters. The van der Waals surface area contributed by atoms with Gasteiger partial charge in [-0.1, -0.05) is 36.8 Å². The molecule has 1 aromatic rings. The Morgan fingerprint density at radius 3 is 2.84 bits per heavy atom. The smallest absolute Gasteiger partial charge is 0.246 e. The second-order valence-corrected chi connectivity index (χ2v) is 5.01. The number of hydrogen-bond donors (Lipinski definition) is 1. The van der Waals surface area contributed by atoms with E-state index in [0.29, 0.717) is 13.1 Å². The maximum absolute atomic E-state index is 12.0. The van der Waals surface area contributed by atoms with Crippen molar-refractivity contribution >= 4 is 11.8 Å². The molecule has 1 aliphatic rings. The molecule has 0 aliphatic carbocycles. The van der Waals surface area contributed by atoms with Crippen molar-refractivity contribution < 1.29 is 9.59 Å². The van der Waals surface area contributed by atoms with Crippen molar-refractivity contribution in [2.75, 3.05) is 6.54 Å². The Morgan fingerprint density at radius 2 is 2.16 bits per heavy atom. The van der Waals surface area contributed by atoms with Gasteiger partial charge in [0.05, 0.1) is 12.5 Å². The van der Waals surface area contributed by atoms with Crippen molar-refractivity contribution in [3.05, 3.63) is 35.4 Å². The number of aryl methyl sites for hydroxylation is 1. The molecule has 1 saturated heterocycles. The molecule has 2 amide bonds. The summed E-state index contributed by atoms with van der Waals surface area (Å²) in [6, 6.07) is 7.77. The van der Waals surface area contributed by atoms with E-state index in [9.17, 15) is 9.59 Å². The number of imide groups is 1. The van der Waals surface area contributed by atoms with Crippen LogP contribution >= 0.6 is 0 Å². The zero-order chi connectivity index (χ0) is 13.8. The number of hydrogen-bond acceptors (Lipinski definition) is 3. The summed E-state index contributed by atoms with van der Waals surface area (Å²) in [5.74, 6) is -0.145. The molecular weight excluding hydrogens is 240 g/mol. The van der Waals surface area contributed by atoms with E-state index in [4.69, 9.17) is 0 Å². The average molecular weight is 260 g/mol. The summed E-state index contributed by atoms with van der Waals surface area (Å²) in [5, 5.41) is 3.18. The van der Waals surface area contributed by atoms with E-state index in [1.165, 1.54) is 10.5 Å². The molecule has 4 nitrogen and oxygen atoms in total. The Bertz CT molecular complexity index is 485. The molecule has 1 fully saturated rings. The van der Waals surface area contributed by atoms with Crippen LogP contribution in [-0.2, 0) is 16.1 Å². The quantitative estimate of drug-likeness (QED) is 0.818. The minimum atomic E-state index is -0.362. The van der Waals surface area contributed by atoms with Gasteiger partial charge in [-0.05, 0) is 18.9 Å². The molecule has 2 rings (SSSR count). The van der Waals surface area contributed by atoms with Crippen LogP contribution in [0.25, 0.3) is 0 Å². The lowest BCUT2D eigenvalue weighted by atomic mass is 10.1. The van der Waals surface area contributed by atoms with Crippen molar-refractivity contribution in [2.24, 2.45) is 0 Å². The van der Waals surface area contributed by atoms with E-state index in [0.717, 1.165) is 12.0 Å². The first kappa shape index (κ1) is 13.7. The van der Waals surface area contributed by atoms with Crippen LogP contribution in [0.4, 0.5) is 0 Å². The minimum absolute atomic E-state index is 0.0615. The fourth-order valence-corrected chi connectivity index (χ4v) is 2.36. The summed E-state index contributed by atoms with van der Waals surface area (Å²) >= 11 is 0. The predicted octanol–water partition coefficient (Wildman–Crippen LogP) is 1.62. The first-order valence-corrected chi connectivity index (χ1v) is 6.75. The second-order valence-electron chi connectivity index (χ2n) is 5.01. The van der Waals surface area contributed by atoms with E-state index in [-0.39, 0.29) is 24.3 Å². The first-order chi connectivity index (χ1) is 9.11. The fraction of sp³-hybridized carbons (Fsp3) is 0.467. The van der Waals surface area contributed by atoms with Crippen LogP contribution in [-0.4, -0.2) is 29.3 Å². The van der Waals surface area contributed by atoms with Crippen molar-refractivity contribution in [1.82, 2.24) is 10.2 Å². The number of likely N-dealkylation sites (tertiary alicyclic amines) is 1. The van der Waals surface area contributed by atoms with E-state index in [1.54, 1.807) is 0 Å². The zero-order valence-corrected chi connectivity index (χ0v) is 11.5. The van der Waals surface area contributed by atoms with Crippen LogP contribution in [0.1, 0.15) is 30.9 Å². The standard InChI is InChI=1S/C15H20N2O2/c1-3-7-17-14(18)9-13(15(17)19)16-10-12-6-4-5-11(2)8-12/h4-6,8,13,16H,3,7,9-10H2,1-2H3. The van der Waals surface area contributed by atoms with Crippen molar-refractivity contribution in [3.63, 3.8) is 0 Å². The van der Waals surface area contributed by atoms with Crippen LogP contribution in [0.2, 0.25) is 0 Å². The lowest BCUT2D eigenvalue weighted by Gasteiger charge is -2.14. The molecule has 1 aromatic carbocycles. The first-order valence-electron chi connectivity index (χ1n) is 6.75. The molecule has 0 radical (unpaired) electrons. The monoisotopic (exact) mass is 260 g/mol. The molecule has 0 aromatic heterocycles. The molecule has 19 heavy (non-hydrogen) atoms. The highest BCUT2D eigenvalue weighted by Gasteiger charge is 2.37. The predicted molar refractivity (Wildman–Crippen MR) is 73.4 cm³/mol. The third-order valence-corrected chi connectivity index (χ3v) is 3.33. The molecule has 0 spiro atoms. The normalized spacial score (nSPS) is 19.3. The van der Waals surface area contributed by atoms with Gasteiger partial charge >= 0.3 is 0 Å². The molecule has 1 N–H and O–H groups in total. The molecule has 1 heterocycles. The number of carbonyl (C=O) groups excluding carboxylic acids is 2. The van der Waals surface area contributed by atoms with Crippen molar-refractivity contribution in [3.8, 4) is 0 Å². The van der Waals surface area contributed by atoms with Crippen molar-refractivity contribution in [1.29, 1.82) is 0 Å². The van der Waals surface area contributed by atoms with Crippen LogP contribution < -0.4 is 5.32 Å². The van der Waals surface area contributed by atoms with Gasteiger partial charge < -0.3 is 5.32 Å². The van der Waals surface area contributed by atoms with Gasteiger partial charge in [0.2, 0.25) is 11.8 Å². The Kier molecular flexibility index (Phi) is 4.32. The molecule has 102 valence electrons.